The quantitative estimate of drug-likeness (QED) is 0.803. The van der Waals surface area contributed by atoms with Crippen molar-refractivity contribution in [3.63, 3.8) is 0 Å². The lowest BCUT2D eigenvalue weighted by molar-refractivity contribution is 0.0517. The zero-order valence-corrected chi connectivity index (χ0v) is 10.3. The highest BCUT2D eigenvalue weighted by atomic mass is 79.9. The summed E-state index contributed by atoms with van der Waals surface area (Å²) in [5.41, 5.74) is -0.0192. The molecule has 0 fully saturated rings. The summed E-state index contributed by atoms with van der Waals surface area (Å²) in [6.07, 6.45) is -2.66. The predicted molar refractivity (Wildman–Crippen MR) is 57.6 cm³/mol. The summed E-state index contributed by atoms with van der Waals surface area (Å²) in [5.74, 6) is -0.708. The fraction of sp³-hybridized carbons (Fsp3) is 0.400. The van der Waals surface area contributed by atoms with Crippen LogP contribution >= 0.6 is 15.9 Å². The number of aryl methyl sites for hydroxylation is 1. The number of rotatable bonds is 3. The molecule has 0 aliphatic rings. The summed E-state index contributed by atoms with van der Waals surface area (Å²) in [5, 5.41) is 0. The summed E-state index contributed by atoms with van der Waals surface area (Å²) < 4.78 is 30.0. The first kappa shape index (κ1) is 13.0. The van der Waals surface area contributed by atoms with E-state index in [4.69, 9.17) is 4.74 Å². The lowest BCUT2D eigenvalue weighted by atomic mass is 10.2. The molecule has 3 nitrogen and oxygen atoms in total. The number of esters is 1. The van der Waals surface area contributed by atoms with Gasteiger partial charge in [0.25, 0.3) is 6.43 Å². The van der Waals surface area contributed by atoms with Gasteiger partial charge in [-0.15, -0.1) is 0 Å². The van der Waals surface area contributed by atoms with Crippen molar-refractivity contribution in [3.8, 4) is 0 Å². The molecule has 0 N–H and O–H groups in total. The largest absolute Gasteiger partial charge is 0.461 e. The van der Waals surface area contributed by atoms with E-state index in [0.717, 1.165) is 0 Å². The van der Waals surface area contributed by atoms with Gasteiger partial charge < -0.3 is 4.74 Å². The molecule has 1 aromatic rings. The molecule has 1 rings (SSSR count). The Morgan fingerprint density at radius 1 is 1.62 bits per heavy atom. The van der Waals surface area contributed by atoms with Crippen molar-refractivity contribution in [1.82, 2.24) is 4.98 Å². The van der Waals surface area contributed by atoms with Gasteiger partial charge in [0.2, 0.25) is 0 Å². The SMILES string of the molecule is CCOC(=O)c1nc(C)cc(C(F)F)c1Br. The molecule has 0 aliphatic carbocycles. The van der Waals surface area contributed by atoms with Crippen molar-refractivity contribution in [2.75, 3.05) is 6.61 Å². The van der Waals surface area contributed by atoms with E-state index in [1.807, 2.05) is 0 Å². The number of hydrogen-bond acceptors (Lipinski definition) is 3. The number of ether oxygens (including phenoxy) is 1. The second kappa shape index (κ2) is 5.34. The average molecular weight is 294 g/mol. The molecule has 0 amide bonds. The van der Waals surface area contributed by atoms with Crippen LogP contribution in [-0.4, -0.2) is 17.6 Å². The highest BCUT2D eigenvalue weighted by Gasteiger charge is 2.21. The third-order valence-electron chi connectivity index (χ3n) is 1.82. The Bertz CT molecular complexity index is 410. The Morgan fingerprint density at radius 3 is 2.75 bits per heavy atom. The molecule has 0 aromatic carbocycles. The van der Waals surface area contributed by atoms with Gasteiger partial charge in [0.1, 0.15) is 0 Å². The van der Waals surface area contributed by atoms with Gasteiger partial charge >= 0.3 is 5.97 Å². The number of hydrogen-bond donors (Lipinski definition) is 0. The topological polar surface area (TPSA) is 39.2 Å². The van der Waals surface area contributed by atoms with Crippen LogP contribution in [0.4, 0.5) is 8.78 Å². The second-order valence-corrected chi connectivity index (χ2v) is 3.83. The predicted octanol–water partition coefficient (Wildman–Crippen LogP) is 3.27. The molecule has 1 aromatic heterocycles. The third kappa shape index (κ3) is 2.75. The summed E-state index contributed by atoms with van der Waals surface area (Å²) >= 11 is 2.94. The molecule has 16 heavy (non-hydrogen) atoms. The van der Waals surface area contributed by atoms with Crippen molar-refractivity contribution >= 4 is 21.9 Å². The van der Waals surface area contributed by atoms with Crippen molar-refractivity contribution in [2.24, 2.45) is 0 Å². The van der Waals surface area contributed by atoms with Crippen LogP contribution in [0.15, 0.2) is 10.5 Å². The van der Waals surface area contributed by atoms with E-state index in [1.54, 1.807) is 13.8 Å². The number of nitrogens with zero attached hydrogens (tertiary/aromatic N) is 1. The van der Waals surface area contributed by atoms with Crippen LogP contribution in [0.2, 0.25) is 0 Å². The third-order valence-corrected chi connectivity index (χ3v) is 2.65. The molecular formula is C10H10BrF2NO2. The van der Waals surface area contributed by atoms with Crippen LogP contribution in [0.1, 0.15) is 35.1 Å². The Kier molecular flexibility index (Phi) is 4.35. The molecule has 0 aliphatic heterocycles. The zero-order valence-electron chi connectivity index (χ0n) is 8.76. The van der Waals surface area contributed by atoms with E-state index in [-0.39, 0.29) is 22.3 Å². The first-order chi connectivity index (χ1) is 7.47. The minimum Gasteiger partial charge on any atom is -0.461 e. The molecule has 0 radical (unpaired) electrons. The molecule has 88 valence electrons. The zero-order chi connectivity index (χ0) is 12.3. The standard InChI is InChI=1S/C10H10BrF2NO2/c1-3-16-10(15)8-7(11)6(9(12)13)4-5(2)14-8/h4,9H,3H2,1-2H3. The van der Waals surface area contributed by atoms with Crippen LogP contribution in [0.3, 0.4) is 0 Å². The minimum atomic E-state index is -2.66. The first-order valence-electron chi connectivity index (χ1n) is 4.59. The molecular weight excluding hydrogens is 284 g/mol. The van der Waals surface area contributed by atoms with Gasteiger partial charge in [-0.1, -0.05) is 0 Å². The van der Waals surface area contributed by atoms with E-state index in [9.17, 15) is 13.6 Å². The van der Waals surface area contributed by atoms with Crippen molar-refractivity contribution in [2.45, 2.75) is 20.3 Å². The van der Waals surface area contributed by atoms with E-state index in [2.05, 4.69) is 20.9 Å². The maximum Gasteiger partial charge on any atom is 0.358 e. The Morgan fingerprint density at radius 2 is 2.25 bits per heavy atom. The Balaban J connectivity index is 3.24. The van der Waals surface area contributed by atoms with Gasteiger partial charge in [0.15, 0.2) is 5.69 Å². The number of halogens is 3. The fourth-order valence-corrected chi connectivity index (χ4v) is 1.71. The van der Waals surface area contributed by atoms with E-state index >= 15 is 0 Å². The number of alkyl halides is 2. The van der Waals surface area contributed by atoms with Gasteiger partial charge in [-0.25, -0.2) is 18.6 Å². The van der Waals surface area contributed by atoms with Crippen LogP contribution in [0.5, 0.6) is 0 Å². The smallest absolute Gasteiger partial charge is 0.358 e. The normalized spacial score (nSPS) is 10.6. The van der Waals surface area contributed by atoms with Crippen LogP contribution < -0.4 is 0 Å². The van der Waals surface area contributed by atoms with Crippen molar-refractivity contribution < 1.29 is 18.3 Å². The molecule has 0 atom stereocenters. The van der Waals surface area contributed by atoms with Gasteiger partial charge in [0, 0.05) is 11.3 Å². The fourth-order valence-electron chi connectivity index (χ4n) is 1.18. The maximum atomic E-state index is 12.6. The number of pyridine rings is 1. The summed E-state index contributed by atoms with van der Waals surface area (Å²) in [4.78, 5) is 15.3. The van der Waals surface area contributed by atoms with E-state index in [0.29, 0.717) is 5.69 Å². The minimum absolute atomic E-state index is 0.00782. The highest BCUT2D eigenvalue weighted by Crippen LogP contribution is 2.30. The average Bonchev–Trinajstić information content (AvgIpc) is 2.20. The summed E-state index contributed by atoms with van der Waals surface area (Å²) in [6.45, 7) is 3.35. The molecule has 0 spiro atoms. The van der Waals surface area contributed by atoms with E-state index in [1.165, 1.54) is 6.07 Å². The molecule has 0 unspecified atom stereocenters. The van der Waals surface area contributed by atoms with Gasteiger partial charge in [-0.2, -0.15) is 0 Å². The van der Waals surface area contributed by atoms with Crippen LogP contribution in [0, 0.1) is 6.92 Å². The second-order valence-electron chi connectivity index (χ2n) is 3.04. The molecule has 0 saturated heterocycles. The number of carbonyl (C=O) groups is 1. The lowest BCUT2D eigenvalue weighted by Crippen LogP contribution is -2.10. The van der Waals surface area contributed by atoms with Gasteiger partial charge in [-0.05, 0) is 35.8 Å². The van der Waals surface area contributed by atoms with Crippen LogP contribution in [-0.2, 0) is 4.74 Å². The van der Waals surface area contributed by atoms with Crippen LogP contribution in [0.25, 0.3) is 0 Å². The first-order valence-corrected chi connectivity index (χ1v) is 5.39. The molecule has 6 heteroatoms. The summed E-state index contributed by atoms with van der Waals surface area (Å²) in [7, 11) is 0. The number of aromatic nitrogens is 1. The maximum absolute atomic E-state index is 12.6. The molecule has 0 saturated carbocycles. The number of carbonyl (C=O) groups excluding carboxylic acids is 1. The molecule has 0 bridgehead atoms. The summed E-state index contributed by atoms with van der Waals surface area (Å²) in [6, 6.07) is 1.23. The highest BCUT2D eigenvalue weighted by molar-refractivity contribution is 9.10. The van der Waals surface area contributed by atoms with Gasteiger partial charge in [-0.3, -0.25) is 0 Å². The van der Waals surface area contributed by atoms with Gasteiger partial charge in [0.05, 0.1) is 11.1 Å². The Labute approximate surface area is 99.9 Å². The van der Waals surface area contributed by atoms with Crippen molar-refractivity contribution in [1.29, 1.82) is 0 Å². The van der Waals surface area contributed by atoms with Crippen molar-refractivity contribution in [3.05, 3.63) is 27.5 Å². The Hall–Kier alpha value is -1.04. The molecule has 1 heterocycles. The van der Waals surface area contributed by atoms with E-state index < -0.39 is 12.4 Å². The lowest BCUT2D eigenvalue weighted by Gasteiger charge is -2.09. The monoisotopic (exact) mass is 293 g/mol.